The fourth-order valence-corrected chi connectivity index (χ4v) is 0.719. The topological polar surface area (TPSA) is 34.1 Å². The predicted octanol–water partition coefficient (Wildman–Crippen LogP) is 0.940. The van der Waals surface area contributed by atoms with Crippen LogP contribution in [0.2, 0.25) is 0 Å². The Balaban J connectivity index is 2.28. The summed E-state index contributed by atoms with van der Waals surface area (Å²) in [4.78, 5) is 3.90. The van der Waals surface area contributed by atoms with E-state index < -0.39 is 0 Å². The van der Waals surface area contributed by atoms with Crippen LogP contribution in [0.4, 0.5) is 5.69 Å². The molecule has 0 amide bonds. The summed E-state index contributed by atoms with van der Waals surface area (Å²) in [5.41, 5.74) is 0.976. The first-order valence-corrected chi connectivity index (χ1v) is 3.47. The molecule has 1 aromatic rings. The molecule has 0 saturated heterocycles. The number of hydrogen-bond acceptors (Lipinski definition) is 3. The van der Waals surface area contributed by atoms with Gasteiger partial charge in [-0.3, -0.25) is 4.98 Å². The first-order chi connectivity index (χ1) is 5.43. The minimum atomic E-state index is 0.703. The third kappa shape index (κ3) is 3.00. The van der Waals surface area contributed by atoms with E-state index in [1.54, 1.807) is 19.5 Å². The van der Waals surface area contributed by atoms with Gasteiger partial charge in [0.15, 0.2) is 0 Å². The number of rotatable bonds is 4. The maximum atomic E-state index is 4.87. The highest BCUT2D eigenvalue weighted by atomic mass is 16.5. The molecule has 0 aliphatic heterocycles. The van der Waals surface area contributed by atoms with Crippen LogP contribution >= 0.6 is 0 Å². The van der Waals surface area contributed by atoms with Crippen LogP contribution in [0.25, 0.3) is 0 Å². The highest BCUT2D eigenvalue weighted by molar-refractivity contribution is 5.38. The molecule has 0 aromatic carbocycles. The van der Waals surface area contributed by atoms with Gasteiger partial charge in [-0.15, -0.1) is 0 Å². The van der Waals surface area contributed by atoms with E-state index >= 15 is 0 Å². The maximum absolute atomic E-state index is 4.87. The Morgan fingerprint density at radius 1 is 1.73 bits per heavy atom. The maximum Gasteiger partial charge on any atom is 0.0635 e. The van der Waals surface area contributed by atoms with Gasteiger partial charge in [0.1, 0.15) is 0 Å². The summed E-state index contributed by atoms with van der Waals surface area (Å²) in [7, 11) is 1.68. The fourth-order valence-electron chi connectivity index (χ4n) is 0.719. The monoisotopic (exact) mass is 151 g/mol. The molecule has 0 unspecified atom stereocenters. The molecular weight excluding hydrogens is 140 g/mol. The second-order valence-corrected chi connectivity index (χ2v) is 2.09. The van der Waals surface area contributed by atoms with Crippen LogP contribution in [0.3, 0.4) is 0 Å². The van der Waals surface area contributed by atoms with Gasteiger partial charge in [0.2, 0.25) is 0 Å². The van der Waals surface area contributed by atoms with Crippen molar-refractivity contribution < 1.29 is 4.74 Å². The quantitative estimate of drug-likeness (QED) is 0.650. The third-order valence-corrected chi connectivity index (χ3v) is 1.24. The van der Waals surface area contributed by atoms with Crippen LogP contribution in [0, 0.1) is 6.07 Å². The van der Waals surface area contributed by atoms with Crippen molar-refractivity contribution in [2.45, 2.75) is 0 Å². The van der Waals surface area contributed by atoms with Crippen LogP contribution in [-0.2, 0) is 4.74 Å². The van der Waals surface area contributed by atoms with Crippen molar-refractivity contribution in [2.75, 3.05) is 25.6 Å². The Morgan fingerprint density at radius 2 is 2.64 bits per heavy atom. The molecule has 0 saturated carbocycles. The fraction of sp³-hybridized carbons (Fsp3) is 0.375. The molecule has 0 spiro atoms. The molecule has 0 aliphatic rings. The van der Waals surface area contributed by atoms with Crippen molar-refractivity contribution in [3.8, 4) is 0 Å². The van der Waals surface area contributed by atoms with Gasteiger partial charge in [0.25, 0.3) is 0 Å². The van der Waals surface area contributed by atoms with E-state index in [0.717, 1.165) is 12.2 Å². The van der Waals surface area contributed by atoms with E-state index in [2.05, 4.69) is 16.4 Å². The lowest BCUT2D eigenvalue weighted by Gasteiger charge is -2.02. The summed E-state index contributed by atoms with van der Waals surface area (Å²) in [5.74, 6) is 0. The van der Waals surface area contributed by atoms with Gasteiger partial charge in [-0.2, -0.15) is 0 Å². The van der Waals surface area contributed by atoms with Crippen molar-refractivity contribution in [3.63, 3.8) is 0 Å². The molecule has 1 rings (SSSR count). The number of aromatic nitrogens is 1. The lowest BCUT2D eigenvalue weighted by atomic mass is 10.4. The van der Waals surface area contributed by atoms with Crippen molar-refractivity contribution in [2.24, 2.45) is 0 Å². The number of anilines is 1. The van der Waals surface area contributed by atoms with Gasteiger partial charge in [0.05, 0.1) is 12.3 Å². The van der Waals surface area contributed by atoms with E-state index in [4.69, 9.17) is 4.74 Å². The summed E-state index contributed by atoms with van der Waals surface area (Å²) < 4.78 is 4.87. The first kappa shape index (κ1) is 8.01. The number of methoxy groups -OCH3 is 1. The van der Waals surface area contributed by atoms with Gasteiger partial charge in [-0.25, -0.2) is 0 Å². The average Bonchev–Trinajstić information content (AvgIpc) is 2.07. The number of hydrogen-bond donors (Lipinski definition) is 1. The van der Waals surface area contributed by atoms with Crippen molar-refractivity contribution in [3.05, 3.63) is 24.5 Å². The van der Waals surface area contributed by atoms with E-state index in [1.807, 2.05) is 6.07 Å². The Bertz CT molecular complexity index is 189. The van der Waals surface area contributed by atoms with Crippen molar-refractivity contribution in [1.82, 2.24) is 4.98 Å². The Morgan fingerprint density at radius 3 is 3.27 bits per heavy atom. The molecular formula is C8H11N2O. The average molecular weight is 151 g/mol. The molecule has 1 radical (unpaired) electrons. The van der Waals surface area contributed by atoms with Gasteiger partial charge in [0, 0.05) is 32.1 Å². The number of nitrogens with one attached hydrogen (secondary N) is 1. The zero-order valence-electron chi connectivity index (χ0n) is 6.50. The third-order valence-electron chi connectivity index (χ3n) is 1.24. The highest BCUT2D eigenvalue weighted by Crippen LogP contribution is 2.00. The first-order valence-electron chi connectivity index (χ1n) is 3.47. The van der Waals surface area contributed by atoms with Crippen LogP contribution in [-0.4, -0.2) is 25.2 Å². The zero-order valence-corrected chi connectivity index (χ0v) is 6.50. The largest absolute Gasteiger partial charge is 0.383 e. The molecule has 0 fully saturated rings. The Hall–Kier alpha value is -1.09. The molecule has 0 bridgehead atoms. The molecule has 0 atom stereocenters. The molecule has 3 heteroatoms. The van der Waals surface area contributed by atoms with Gasteiger partial charge < -0.3 is 10.1 Å². The van der Waals surface area contributed by atoms with Gasteiger partial charge >= 0.3 is 0 Å². The Kier molecular flexibility index (Phi) is 3.41. The summed E-state index contributed by atoms with van der Waals surface area (Å²) in [6.07, 6.45) is 3.38. The van der Waals surface area contributed by atoms with E-state index in [1.165, 1.54) is 0 Å². The second kappa shape index (κ2) is 4.68. The summed E-state index contributed by atoms with van der Waals surface area (Å²) >= 11 is 0. The zero-order chi connectivity index (χ0) is 7.94. The molecule has 1 heterocycles. The molecule has 1 aromatic heterocycles. The standard InChI is InChI=1S/C8H11N2O/c1-11-6-5-10-8-3-2-4-9-7-8/h3-4,7,10H,5-6H2,1H3. The van der Waals surface area contributed by atoms with Crippen molar-refractivity contribution >= 4 is 5.69 Å². The summed E-state index contributed by atoms with van der Waals surface area (Å²) in [6, 6.07) is 4.72. The van der Waals surface area contributed by atoms with Gasteiger partial charge in [-0.05, 0) is 6.07 Å². The number of pyridine rings is 1. The molecule has 11 heavy (non-hydrogen) atoms. The number of nitrogens with zero attached hydrogens (tertiary/aromatic N) is 1. The minimum Gasteiger partial charge on any atom is -0.383 e. The SMILES string of the molecule is COCCNc1c[c]cnc1. The van der Waals surface area contributed by atoms with E-state index in [-0.39, 0.29) is 0 Å². The van der Waals surface area contributed by atoms with Crippen molar-refractivity contribution in [1.29, 1.82) is 0 Å². The van der Waals surface area contributed by atoms with E-state index in [9.17, 15) is 0 Å². The summed E-state index contributed by atoms with van der Waals surface area (Å²) in [5, 5.41) is 3.13. The van der Waals surface area contributed by atoms with Crippen LogP contribution < -0.4 is 5.32 Å². The minimum absolute atomic E-state index is 0.703. The van der Waals surface area contributed by atoms with Gasteiger partial charge in [-0.1, -0.05) is 0 Å². The van der Waals surface area contributed by atoms with Crippen LogP contribution in [0.15, 0.2) is 18.5 Å². The second-order valence-electron chi connectivity index (χ2n) is 2.09. The summed E-state index contributed by atoms with van der Waals surface area (Å²) in [6.45, 7) is 1.50. The molecule has 0 aliphatic carbocycles. The van der Waals surface area contributed by atoms with Crippen LogP contribution in [0.1, 0.15) is 0 Å². The lowest BCUT2D eigenvalue weighted by Crippen LogP contribution is -2.07. The predicted molar refractivity (Wildman–Crippen MR) is 43.4 cm³/mol. The highest BCUT2D eigenvalue weighted by Gasteiger charge is 1.87. The molecule has 3 nitrogen and oxygen atoms in total. The Labute approximate surface area is 66.4 Å². The van der Waals surface area contributed by atoms with Crippen LogP contribution in [0.5, 0.6) is 0 Å². The lowest BCUT2D eigenvalue weighted by molar-refractivity contribution is 0.211. The number of ether oxygens (including phenoxy) is 1. The van der Waals surface area contributed by atoms with E-state index in [0.29, 0.717) is 6.61 Å². The molecule has 59 valence electrons. The molecule has 1 N–H and O–H groups in total. The normalized spacial score (nSPS) is 9.55. The smallest absolute Gasteiger partial charge is 0.0635 e.